The molecule has 0 heterocycles. The molecular weight excluding hydrogens is 322 g/mol. The van der Waals surface area contributed by atoms with Gasteiger partial charge in [0.15, 0.2) is 0 Å². The Hall–Kier alpha value is -0.0300. The quantitative estimate of drug-likeness (QED) is 0.762. The van der Waals surface area contributed by atoms with E-state index in [1.807, 2.05) is 11.8 Å². The van der Waals surface area contributed by atoms with Crippen molar-refractivity contribution in [2.24, 2.45) is 5.92 Å². The molecule has 0 saturated heterocycles. The van der Waals surface area contributed by atoms with Crippen LogP contribution in [0.25, 0.3) is 0 Å². The third-order valence-corrected chi connectivity index (χ3v) is 4.59. The van der Waals surface area contributed by atoms with Crippen LogP contribution in [0.3, 0.4) is 0 Å². The first kappa shape index (κ1) is 17.0. The van der Waals surface area contributed by atoms with Gasteiger partial charge in [0.05, 0.1) is 0 Å². The van der Waals surface area contributed by atoms with Crippen LogP contribution in [0.1, 0.15) is 33.3 Å². The fraction of sp³-hybridized carbons (Fsp3) is 0.600. The molecule has 4 heteroatoms. The molecule has 0 radical (unpaired) electrons. The molecule has 0 aliphatic heterocycles. The predicted octanol–water partition coefficient (Wildman–Crippen LogP) is 4.06. The minimum Gasteiger partial charge on any atom is -0.396 e. The minimum absolute atomic E-state index is 0.118. The Labute approximate surface area is 129 Å². The molecule has 2 N–H and O–H groups in total. The summed E-state index contributed by atoms with van der Waals surface area (Å²) < 4.78 is 1.10. The molecule has 0 amide bonds. The molecule has 1 aromatic rings. The van der Waals surface area contributed by atoms with Crippen LogP contribution in [0.4, 0.5) is 0 Å². The summed E-state index contributed by atoms with van der Waals surface area (Å²) in [6, 6.07) is 6.41. The van der Waals surface area contributed by atoms with Gasteiger partial charge in [-0.2, -0.15) is 0 Å². The summed E-state index contributed by atoms with van der Waals surface area (Å²) >= 11 is 5.34. The van der Waals surface area contributed by atoms with Crippen LogP contribution in [0.5, 0.6) is 0 Å². The van der Waals surface area contributed by atoms with Crippen molar-refractivity contribution in [2.45, 2.75) is 44.7 Å². The maximum atomic E-state index is 9.11. The molecule has 0 spiro atoms. The first-order valence-electron chi connectivity index (χ1n) is 6.59. The van der Waals surface area contributed by atoms with Gasteiger partial charge in [-0.25, -0.2) is 0 Å². The van der Waals surface area contributed by atoms with Gasteiger partial charge in [0.25, 0.3) is 0 Å². The van der Waals surface area contributed by atoms with Crippen LogP contribution in [0.2, 0.25) is 0 Å². The van der Waals surface area contributed by atoms with E-state index in [2.05, 4.69) is 67.1 Å². The van der Waals surface area contributed by atoms with Gasteiger partial charge in [0.1, 0.15) is 0 Å². The van der Waals surface area contributed by atoms with Gasteiger partial charge in [0, 0.05) is 33.8 Å². The Morgan fingerprint density at radius 3 is 2.63 bits per heavy atom. The van der Waals surface area contributed by atoms with Gasteiger partial charge in [-0.3, -0.25) is 0 Å². The number of rotatable bonds is 6. The highest BCUT2D eigenvalue weighted by Crippen LogP contribution is 2.28. The van der Waals surface area contributed by atoms with Gasteiger partial charge in [-0.1, -0.05) is 28.9 Å². The summed E-state index contributed by atoms with van der Waals surface area (Å²) in [5, 5.41) is 12.6. The van der Waals surface area contributed by atoms with E-state index in [1.54, 1.807) is 0 Å². The van der Waals surface area contributed by atoms with E-state index in [-0.39, 0.29) is 12.1 Å². The van der Waals surface area contributed by atoms with Crippen molar-refractivity contribution >= 4 is 27.7 Å². The first-order chi connectivity index (χ1) is 8.81. The summed E-state index contributed by atoms with van der Waals surface area (Å²) in [5.74, 6) is 1.27. The smallest absolute Gasteiger partial charge is 0.0464 e. The number of thioether (sulfide) groups is 1. The highest BCUT2D eigenvalue weighted by molar-refractivity contribution is 9.10. The average molecular weight is 346 g/mol. The molecule has 1 aromatic carbocycles. The lowest BCUT2D eigenvalue weighted by atomic mass is 10.1. The van der Waals surface area contributed by atoms with E-state index < -0.39 is 0 Å². The van der Waals surface area contributed by atoms with E-state index in [0.29, 0.717) is 5.92 Å². The Morgan fingerprint density at radius 2 is 2.05 bits per heavy atom. The Bertz CT molecular complexity index is 404. The lowest BCUT2D eigenvalue weighted by Gasteiger charge is -2.22. The van der Waals surface area contributed by atoms with E-state index >= 15 is 0 Å². The van der Waals surface area contributed by atoms with E-state index in [0.717, 1.165) is 16.8 Å². The molecule has 0 saturated carbocycles. The second-order valence-corrected chi connectivity index (χ2v) is 7.93. The second kappa shape index (κ2) is 7.67. The van der Waals surface area contributed by atoms with Crippen molar-refractivity contribution < 1.29 is 5.11 Å². The summed E-state index contributed by atoms with van der Waals surface area (Å²) in [6.45, 7) is 9.70. The normalized spacial score (nSPS) is 13.6. The summed E-state index contributed by atoms with van der Waals surface area (Å²) in [6.07, 6.45) is 0. The summed E-state index contributed by atoms with van der Waals surface area (Å²) in [5.41, 5.74) is 1.43. The lowest BCUT2D eigenvalue weighted by Crippen LogP contribution is -2.35. The van der Waals surface area contributed by atoms with Crippen LogP contribution >= 0.6 is 27.7 Å². The predicted molar refractivity (Wildman–Crippen MR) is 87.7 cm³/mol. The van der Waals surface area contributed by atoms with Crippen molar-refractivity contribution in [3.8, 4) is 0 Å². The molecular formula is C15H24BrNOS. The largest absolute Gasteiger partial charge is 0.396 e. The molecule has 0 fully saturated rings. The average Bonchev–Trinajstić information content (AvgIpc) is 2.33. The molecule has 1 atom stereocenters. The third kappa shape index (κ3) is 6.80. The maximum Gasteiger partial charge on any atom is 0.0464 e. The number of hydrogen-bond donors (Lipinski definition) is 2. The number of hydrogen-bond acceptors (Lipinski definition) is 3. The van der Waals surface area contributed by atoms with Crippen molar-refractivity contribution in [2.75, 3.05) is 12.4 Å². The minimum atomic E-state index is 0.118. The Balaban J connectivity index is 2.74. The zero-order valence-corrected chi connectivity index (χ0v) is 14.6. The van der Waals surface area contributed by atoms with Crippen LogP contribution in [-0.2, 0) is 6.54 Å². The fourth-order valence-electron chi connectivity index (χ4n) is 1.45. The molecule has 0 bridgehead atoms. The van der Waals surface area contributed by atoms with Gasteiger partial charge in [-0.15, -0.1) is 11.8 Å². The zero-order chi connectivity index (χ0) is 14.5. The highest BCUT2D eigenvalue weighted by Gasteiger charge is 2.11. The second-order valence-electron chi connectivity index (χ2n) is 5.95. The van der Waals surface area contributed by atoms with Crippen LogP contribution in [-0.4, -0.2) is 23.0 Å². The van der Waals surface area contributed by atoms with E-state index in [9.17, 15) is 0 Å². The fourth-order valence-corrected chi connectivity index (χ4v) is 3.07. The Kier molecular flexibility index (Phi) is 6.87. The van der Waals surface area contributed by atoms with Gasteiger partial charge in [-0.05, 0) is 44.4 Å². The van der Waals surface area contributed by atoms with Crippen LogP contribution < -0.4 is 5.32 Å². The molecule has 0 aliphatic carbocycles. The topological polar surface area (TPSA) is 32.3 Å². The SMILES string of the molecule is CC(CO)CSc1cc(Br)ccc1CNC(C)(C)C. The third-order valence-electron chi connectivity index (χ3n) is 2.67. The zero-order valence-electron chi connectivity index (χ0n) is 12.2. The number of aliphatic hydroxyl groups is 1. The standard InChI is InChI=1S/C15H24BrNOS/c1-11(9-18)10-19-14-7-13(16)6-5-12(14)8-17-15(2,3)4/h5-7,11,17-18H,8-10H2,1-4H3. The number of aliphatic hydroxyl groups excluding tert-OH is 1. The highest BCUT2D eigenvalue weighted by atomic mass is 79.9. The van der Waals surface area contributed by atoms with Crippen molar-refractivity contribution in [3.63, 3.8) is 0 Å². The molecule has 1 unspecified atom stereocenters. The van der Waals surface area contributed by atoms with Gasteiger partial charge in [0.2, 0.25) is 0 Å². The van der Waals surface area contributed by atoms with Crippen molar-refractivity contribution in [1.29, 1.82) is 0 Å². The van der Waals surface area contributed by atoms with Crippen molar-refractivity contribution in [1.82, 2.24) is 5.32 Å². The molecule has 19 heavy (non-hydrogen) atoms. The molecule has 108 valence electrons. The molecule has 0 aliphatic rings. The monoisotopic (exact) mass is 345 g/mol. The molecule has 0 aromatic heterocycles. The van der Waals surface area contributed by atoms with E-state index in [1.165, 1.54) is 10.5 Å². The number of benzene rings is 1. The number of halogens is 1. The lowest BCUT2D eigenvalue weighted by molar-refractivity contribution is 0.250. The summed E-state index contributed by atoms with van der Waals surface area (Å²) in [4.78, 5) is 1.28. The molecule has 2 nitrogen and oxygen atoms in total. The summed E-state index contributed by atoms with van der Waals surface area (Å²) in [7, 11) is 0. The van der Waals surface area contributed by atoms with Crippen molar-refractivity contribution in [3.05, 3.63) is 28.2 Å². The molecule has 1 rings (SSSR count). The Morgan fingerprint density at radius 1 is 1.37 bits per heavy atom. The van der Waals surface area contributed by atoms with Crippen LogP contribution in [0.15, 0.2) is 27.6 Å². The first-order valence-corrected chi connectivity index (χ1v) is 8.37. The van der Waals surface area contributed by atoms with E-state index in [4.69, 9.17) is 5.11 Å². The number of nitrogens with one attached hydrogen (secondary N) is 1. The van der Waals surface area contributed by atoms with Gasteiger partial charge >= 0.3 is 0 Å². The van der Waals surface area contributed by atoms with Crippen LogP contribution in [0, 0.1) is 5.92 Å². The van der Waals surface area contributed by atoms with Gasteiger partial charge < -0.3 is 10.4 Å². The maximum absolute atomic E-state index is 9.11.